The van der Waals surface area contributed by atoms with Crippen LogP contribution in [0.2, 0.25) is 0 Å². The lowest BCUT2D eigenvalue weighted by Gasteiger charge is -2.12. The number of hydrogen-bond acceptors (Lipinski definition) is 1. The first kappa shape index (κ1) is 10.7. The van der Waals surface area contributed by atoms with Crippen molar-refractivity contribution in [3.05, 3.63) is 35.4 Å². The highest BCUT2D eigenvalue weighted by molar-refractivity contribution is 5.27. The van der Waals surface area contributed by atoms with Gasteiger partial charge in [-0.25, -0.2) is 0 Å². The van der Waals surface area contributed by atoms with Gasteiger partial charge in [0.25, 0.3) is 0 Å². The minimum absolute atomic E-state index is 0.584. The van der Waals surface area contributed by atoms with E-state index in [4.69, 9.17) is 0 Å². The first-order valence-electron chi connectivity index (χ1n) is 6.00. The quantitative estimate of drug-likeness (QED) is 0.776. The molecule has 0 aliphatic carbocycles. The van der Waals surface area contributed by atoms with Gasteiger partial charge in [0, 0.05) is 6.04 Å². The summed E-state index contributed by atoms with van der Waals surface area (Å²) in [5, 5.41) is 3.57. The normalized spacial score (nSPS) is 26.1. The molecule has 1 nitrogen and oxygen atoms in total. The molecule has 2 rings (SSSR count). The van der Waals surface area contributed by atoms with Gasteiger partial charge in [-0.2, -0.15) is 0 Å². The van der Waals surface area contributed by atoms with E-state index in [2.05, 4.69) is 50.4 Å². The van der Waals surface area contributed by atoms with Crippen molar-refractivity contribution in [1.29, 1.82) is 0 Å². The molecule has 0 amide bonds. The van der Waals surface area contributed by atoms with Crippen molar-refractivity contribution in [2.24, 2.45) is 5.92 Å². The molecule has 0 saturated carbocycles. The summed E-state index contributed by atoms with van der Waals surface area (Å²) in [4.78, 5) is 0. The molecule has 0 radical (unpaired) electrons. The van der Waals surface area contributed by atoms with Crippen LogP contribution in [0.5, 0.6) is 0 Å². The Morgan fingerprint density at radius 2 is 1.87 bits per heavy atom. The lowest BCUT2D eigenvalue weighted by molar-refractivity contribution is 0.611. The highest BCUT2D eigenvalue weighted by Crippen LogP contribution is 2.27. The standard InChI is InChI=1S/C14H21N/c1-10(2)12-4-6-13(7-5-12)14-8-11(3)9-15-14/h4-7,10-11,14-15H,8-9H2,1-3H3/t11-,14+/m1/s1. The van der Waals surface area contributed by atoms with Crippen LogP contribution in [0, 0.1) is 5.92 Å². The van der Waals surface area contributed by atoms with E-state index in [1.54, 1.807) is 0 Å². The van der Waals surface area contributed by atoms with Crippen LogP contribution in [0.3, 0.4) is 0 Å². The average molecular weight is 203 g/mol. The van der Waals surface area contributed by atoms with Gasteiger partial charge < -0.3 is 5.32 Å². The molecule has 1 fully saturated rings. The summed E-state index contributed by atoms with van der Waals surface area (Å²) in [5.41, 5.74) is 2.88. The van der Waals surface area contributed by atoms with Crippen molar-refractivity contribution in [1.82, 2.24) is 5.32 Å². The predicted octanol–water partition coefficient (Wildman–Crippen LogP) is 3.48. The molecule has 0 bridgehead atoms. The highest BCUT2D eigenvalue weighted by atomic mass is 14.9. The van der Waals surface area contributed by atoms with Crippen molar-refractivity contribution in [3.8, 4) is 0 Å². The van der Waals surface area contributed by atoms with E-state index >= 15 is 0 Å². The van der Waals surface area contributed by atoms with Crippen molar-refractivity contribution in [3.63, 3.8) is 0 Å². The third-order valence-electron chi connectivity index (χ3n) is 3.36. The van der Waals surface area contributed by atoms with Crippen molar-refractivity contribution in [2.45, 2.75) is 39.2 Å². The molecule has 82 valence electrons. The van der Waals surface area contributed by atoms with E-state index in [0.29, 0.717) is 12.0 Å². The Kier molecular flexibility index (Phi) is 3.11. The van der Waals surface area contributed by atoms with E-state index < -0.39 is 0 Å². The van der Waals surface area contributed by atoms with Crippen LogP contribution in [0.4, 0.5) is 0 Å². The summed E-state index contributed by atoms with van der Waals surface area (Å²) in [7, 11) is 0. The van der Waals surface area contributed by atoms with Gasteiger partial charge in [-0.1, -0.05) is 45.0 Å². The van der Waals surface area contributed by atoms with Crippen LogP contribution >= 0.6 is 0 Å². The molecule has 0 aromatic heterocycles. The topological polar surface area (TPSA) is 12.0 Å². The summed E-state index contributed by atoms with van der Waals surface area (Å²) in [6.45, 7) is 7.96. The number of benzene rings is 1. The maximum absolute atomic E-state index is 3.57. The summed E-state index contributed by atoms with van der Waals surface area (Å²) in [6, 6.07) is 9.69. The van der Waals surface area contributed by atoms with E-state index in [0.717, 1.165) is 12.5 Å². The number of hydrogen-bond donors (Lipinski definition) is 1. The molecule has 1 heteroatoms. The summed E-state index contributed by atoms with van der Waals surface area (Å²) >= 11 is 0. The van der Waals surface area contributed by atoms with Crippen molar-refractivity contribution in [2.75, 3.05) is 6.54 Å². The highest BCUT2D eigenvalue weighted by Gasteiger charge is 2.21. The van der Waals surface area contributed by atoms with Gasteiger partial charge in [0.15, 0.2) is 0 Å². The SMILES string of the molecule is CC(C)c1ccc([C@@H]2C[C@@H](C)CN2)cc1. The third kappa shape index (κ3) is 2.40. The summed E-state index contributed by atoms with van der Waals surface area (Å²) in [5.74, 6) is 1.45. The molecule has 0 unspecified atom stereocenters. The Bertz CT molecular complexity index is 313. The number of rotatable bonds is 2. The fraction of sp³-hybridized carbons (Fsp3) is 0.571. The second-order valence-corrected chi connectivity index (χ2v) is 5.12. The Morgan fingerprint density at radius 1 is 1.20 bits per heavy atom. The number of nitrogens with one attached hydrogen (secondary N) is 1. The fourth-order valence-electron chi connectivity index (χ4n) is 2.28. The zero-order valence-corrected chi connectivity index (χ0v) is 9.96. The van der Waals surface area contributed by atoms with E-state index in [1.807, 2.05) is 0 Å². The molecule has 2 atom stereocenters. The molecule has 1 aliphatic rings. The third-order valence-corrected chi connectivity index (χ3v) is 3.36. The van der Waals surface area contributed by atoms with Crippen LogP contribution in [0.15, 0.2) is 24.3 Å². The lowest BCUT2D eigenvalue weighted by atomic mass is 9.97. The average Bonchev–Trinajstić information content (AvgIpc) is 2.65. The van der Waals surface area contributed by atoms with E-state index in [-0.39, 0.29) is 0 Å². The molecule has 1 N–H and O–H groups in total. The molecule has 0 spiro atoms. The zero-order chi connectivity index (χ0) is 10.8. The second-order valence-electron chi connectivity index (χ2n) is 5.12. The van der Waals surface area contributed by atoms with Gasteiger partial charge in [0.05, 0.1) is 0 Å². The molecule has 1 aromatic carbocycles. The van der Waals surface area contributed by atoms with Crippen LogP contribution in [-0.4, -0.2) is 6.54 Å². The first-order chi connectivity index (χ1) is 7.16. The van der Waals surface area contributed by atoms with Gasteiger partial charge in [0.1, 0.15) is 0 Å². The molecule has 1 aliphatic heterocycles. The maximum atomic E-state index is 3.57. The van der Waals surface area contributed by atoms with Crippen molar-refractivity contribution >= 4 is 0 Å². The predicted molar refractivity (Wildman–Crippen MR) is 65.1 cm³/mol. The minimum Gasteiger partial charge on any atom is -0.310 e. The smallest absolute Gasteiger partial charge is 0.0323 e. The molecule has 1 saturated heterocycles. The van der Waals surface area contributed by atoms with Gasteiger partial charge in [-0.3, -0.25) is 0 Å². The minimum atomic E-state index is 0.584. The second kappa shape index (κ2) is 4.36. The Labute approximate surface area is 92.9 Å². The lowest BCUT2D eigenvalue weighted by Crippen LogP contribution is -2.13. The van der Waals surface area contributed by atoms with Gasteiger partial charge in [-0.05, 0) is 35.9 Å². The van der Waals surface area contributed by atoms with Crippen LogP contribution in [0.1, 0.15) is 50.3 Å². The fourth-order valence-corrected chi connectivity index (χ4v) is 2.28. The van der Waals surface area contributed by atoms with Gasteiger partial charge in [0.2, 0.25) is 0 Å². The summed E-state index contributed by atoms with van der Waals surface area (Å²) < 4.78 is 0. The van der Waals surface area contributed by atoms with Crippen molar-refractivity contribution < 1.29 is 0 Å². The molecular formula is C14H21N. The maximum Gasteiger partial charge on any atom is 0.0323 e. The van der Waals surface area contributed by atoms with E-state index in [9.17, 15) is 0 Å². The van der Waals surface area contributed by atoms with Crippen LogP contribution in [-0.2, 0) is 0 Å². The Morgan fingerprint density at radius 3 is 2.33 bits per heavy atom. The largest absolute Gasteiger partial charge is 0.310 e. The Hall–Kier alpha value is -0.820. The zero-order valence-electron chi connectivity index (χ0n) is 9.96. The molecule has 1 aromatic rings. The van der Waals surface area contributed by atoms with E-state index in [1.165, 1.54) is 17.5 Å². The Balaban J connectivity index is 2.10. The summed E-state index contributed by atoms with van der Waals surface area (Å²) in [6.07, 6.45) is 1.28. The van der Waals surface area contributed by atoms with Gasteiger partial charge in [-0.15, -0.1) is 0 Å². The molecule has 1 heterocycles. The van der Waals surface area contributed by atoms with Crippen LogP contribution in [0.25, 0.3) is 0 Å². The van der Waals surface area contributed by atoms with Gasteiger partial charge >= 0.3 is 0 Å². The molecule has 15 heavy (non-hydrogen) atoms. The monoisotopic (exact) mass is 203 g/mol. The van der Waals surface area contributed by atoms with Crippen LogP contribution < -0.4 is 5.32 Å². The first-order valence-corrected chi connectivity index (χ1v) is 6.00. The molecular weight excluding hydrogens is 182 g/mol.